The van der Waals surface area contributed by atoms with Gasteiger partial charge in [-0.15, -0.1) is 0 Å². The number of nitrogens with two attached hydrogens (primary N) is 2. The molecule has 2 atom stereocenters. The van der Waals surface area contributed by atoms with Gasteiger partial charge in [-0.3, -0.25) is 0 Å². The second-order valence-electron chi connectivity index (χ2n) is 3.27. The quantitative estimate of drug-likeness (QED) is 0.634. The lowest BCUT2D eigenvalue weighted by molar-refractivity contribution is 0.0898. The van der Waals surface area contributed by atoms with Crippen molar-refractivity contribution in [2.75, 3.05) is 27.3 Å². The van der Waals surface area contributed by atoms with E-state index in [4.69, 9.17) is 20.9 Å². The molecule has 0 saturated heterocycles. The number of hydrogen-bond donors (Lipinski definition) is 3. The van der Waals surface area contributed by atoms with Gasteiger partial charge in [0.15, 0.2) is 0 Å². The Balaban J connectivity index is 2.93. The van der Waals surface area contributed by atoms with Crippen LogP contribution in [-0.4, -0.2) is 32.3 Å². The highest BCUT2D eigenvalue weighted by Crippen LogP contribution is 2.25. The van der Waals surface area contributed by atoms with Gasteiger partial charge in [-0.1, -0.05) is 0 Å². The SMILES string of the molecule is COC(CN)c1cc[nH]c1C(CN)OC. The summed E-state index contributed by atoms with van der Waals surface area (Å²) in [4.78, 5) is 3.12. The molecule has 0 saturated carbocycles. The first kappa shape index (κ1) is 12.2. The Labute approximate surface area is 89.7 Å². The van der Waals surface area contributed by atoms with E-state index in [1.54, 1.807) is 14.2 Å². The van der Waals surface area contributed by atoms with Crippen LogP contribution in [0.25, 0.3) is 0 Å². The molecule has 0 aliphatic heterocycles. The molecule has 0 aliphatic rings. The van der Waals surface area contributed by atoms with Crippen molar-refractivity contribution in [3.63, 3.8) is 0 Å². The topological polar surface area (TPSA) is 86.3 Å². The molecule has 5 heteroatoms. The van der Waals surface area contributed by atoms with E-state index in [2.05, 4.69) is 4.98 Å². The lowest BCUT2D eigenvalue weighted by atomic mass is 10.1. The summed E-state index contributed by atoms with van der Waals surface area (Å²) in [5.41, 5.74) is 13.2. The first-order valence-corrected chi connectivity index (χ1v) is 4.91. The first-order chi connectivity index (χ1) is 7.28. The maximum atomic E-state index is 5.62. The van der Waals surface area contributed by atoms with Crippen molar-refractivity contribution in [3.05, 3.63) is 23.5 Å². The van der Waals surface area contributed by atoms with Gasteiger partial charge in [-0.2, -0.15) is 0 Å². The van der Waals surface area contributed by atoms with Crippen molar-refractivity contribution in [1.29, 1.82) is 0 Å². The Morgan fingerprint density at radius 3 is 2.27 bits per heavy atom. The molecule has 1 aromatic rings. The van der Waals surface area contributed by atoms with Crippen LogP contribution in [0.5, 0.6) is 0 Å². The highest BCUT2D eigenvalue weighted by molar-refractivity contribution is 5.26. The summed E-state index contributed by atoms with van der Waals surface area (Å²) in [7, 11) is 3.27. The van der Waals surface area contributed by atoms with Gasteiger partial charge in [0.1, 0.15) is 6.10 Å². The van der Waals surface area contributed by atoms with Gasteiger partial charge < -0.3 is 25.9 Å². The van der Waals surface area contributed by atoms with Gasteiger partial charge >= 0.3 is 0 Å². The van der Waals surface area contributed by atoms with E-state index in [0.717, 1.165) is 11.3 Å². The number of H-pyrrole nitrogens is 1. The van der Waals surface area contributed by atoms with Crippen molar-refractivity contribution in [3.8, 4) is 0 Å². The average Bonchev–Trinajstić information content (AvgIpc) is 2.71. The molecule has 86 valence electrons. The number of ether oxygens (including phenoxy) is 2. The zero-order valence-corrected chi connectivity index (χ0v) is 9.19. The van der Waals surface area contributed by atoms with Crippen molar-refractivity contribution in [2.45, 2.75) is 12.2 Å². The summed E-state index contributed by atoms with van der Waals surface area (Å²) < 4.78 is 10.6. The fraction of sp³-hybridized carbons (Fsp3) is 0.600. The van der Waals surface area contributed by atoms with Crippen molar-refractivity contribution in [1.82, 2.24) is 4.98 Å². The van der Waals surface area contributed by atoms with Crippen LogP contribution in [0.2, 0.25) is 0 Å². The van der Waals surface area contributed by atoms with Crippen LogP contribution in [0.1, 0.15) is 23.5 Å². The molecule has 0 aromatic carbocycles. The molecule has 5 nitrogen and oxygen atoms in total. The Morgan fingerprint density at radius 2 is 1.80 bits per heavy atom. The second kappa shape index (κ2) is 5.87. The standard InChI is InChI=1S/C10H19N3O2/c1-14-8(5-11)7-3-4-13-10(7)9(6-12)15-2/h3-4,8-9,13H,5-6,11-12H2,1-2H3. The zero-order chi connectivity index (χ0) is 11.3. The summed E-state index contributed by atoms with van der Waals surface area (Å²) in [6.07, 6.45) is 1.59. The first-order valence-electron chi connectivity index (χ1n) is 4.91. The molecule has 1 rings (SSSR count). The molecule has 0 radical (unpaired) electrons. The van der Waals surface area contributed by atoms with E-state index in [1.807, 2.05) is 12.3 Å². The predicted molar refractivity (Wildman–Crippen MR) is 58.4 cm³/mol. The molecular formula is C10H19N3O2. The molecule has 15 heavy (non-hydrogen) atoms. The zero-order valence-electron chi connectivity index (χ0n) is 9.19. The molecule has 0 spiro atoms. The Bertz CT molecular complexity index is 253. The van der Waals surface area contributed by atoms with Crippen LogP contribution in [0.3, 0.4) is 0 Å². The summed E-state index contributed by atoms with van der Waals surface area (Å²) in [6.45, 7) is 0.855. The predicted octanol–water partition coefficient (Wildman–Crippen LogP) is 0.307. The smallest absolute Gasteiger partial charge is 0.109 e. The van der Waals surface area contributed by atoms with Gasteiger partial charge in [-0.25, -0.2) is 0 Å². The summed E-state index contributed by atoms with van der Waals surface area (Å²) >= 11 is 0. The Morgan fingerprint density at radius 1 is 1.20 bits per heavy atom. The average molecular weight is 213 g/mol. The van der Waals surface area contributed by atoms with E-state index < -0.39 is 0 Å². The lowest BCUT2D eigenvalue weighted by Crippen LogP contribution is -2.20. The number of aromatic nitrogens is 1. The van der Waals surface area contributed by atoms with Gasteiger partial charge in [-0.05, 0) is 6.07 Å². The molecule has 1 aromatic heterocycles. The van der Waals surface area contributed by atoms with E-state index in [0.29, 0.717) is 13.1 Å². The van der Waals surface area contributed by atoms with Gasteiger partial charge in [0.25, 0.3) is 0 Å². The van der Waals surface area contributed by atoms with Crippen LogP contribution in [-0.2, 0) is 9.47 Å². The van der Waals surface area contributed by atoms with Crippen LogP contribution in [0, 0.1) is 0 Å². The number of aromatic amines is 1. The third-order valence-electron chi connectivity index (χ3n) is 2.48. The van der Waals surface area contributed by atoms with E-state index in [1.165, 1.54) is 0 Å². The monoisotopic (exact) mass is 213 g/mol. The van der Waals surface area contributed by atoms with Gasteiger partial charge in [0.05, 0.1) is 11.8 Å². The van der Waals surface area contributed by atoms with Crippen LogP contribution < -0.4 is 11.5 Å². The van der Waals surface area contributed by atoms with Crippen LogP contribution in [0.4, 0.5) is 0 Å². The fourth-order valence-corrected chi connectivity index (χ4v) is 1.64. The molecule has 0 amide bonds. The van der Waals surface area contributed by atoms with Gasteiger partial charge in [0.2, 0.25) is 0 Å². The maximum absolute atomic E-state index is 5.62. The highest BCUT2D eigenvalue weighted by atomic mass is 16.5. The second-order valence-corrected chi connectivity index (χ2v) is 3.27. The van der Waals surface area contributed by atoms with E-state index >= 15 is 0 Å². The minimum absolute atomic E-state index is 0.115. The largest absolute Gasteiger partial charge is 0.375 e. The van der Waals surface area contributed by atoms with Crippen molar-refractivity contribution < 1.29 is 9.47 Å². The van der Waals surface area contributed by atoms with Crippen molar-refractivity contribution in [2.24, 2.45) is 11.5 Å². The van der Waals surface area contributed by atoms with E-state index in [-0.39, 0.29) is 12.2 Å². The maximum Gasteiger partial charge on any atom is 0.109 e. The molecule has 5 N–H and O–H groups in total. The summed E-state index contributed by atoms with van der Waals surface area (Å²) in [5, 5.41) is 0. The summed E-state index contributed by atoms with van der Waals surface area (Å²) in [5.74, 6) is 0. The molecule has 0 aliphatic carbocycles. The molecule has 1 heterocycles. The number of methoxy groups -OCH3 is 2. The summed E-state index contributed by atoms with van der Waals surface area (Å²) in [6, 6.07) is 1.94. The Hall–Kier alpha value is -0.880. The van der Waals surface area contributed by atoms with Crippen molar-refractivity contribution >= 4 is 0 Å². The van der Waals surface area contributed by atoms with Gasteiger partial charge in [0, 0.05) is 39.1 Å². The molecule has 2 unspecified atom stereocenters. The normalized spacial score (nSPS) is 15.2. The number of rotatable bonds is 6. The lowest BCUT2D eigenvalue weighted by Gasteiger charge is -2.18. The van der Waals surface area contributed by atoms with Crippen LogP contribution >= 0.6 is 0 Å². The highest BCUT2D eigenvalue weighted by Gasteiger charge is 2.19. The molecule has 0 fully saturated rings. The minimum atomic E-state index is -0.140. The van der Waals surface area contributed by atoms with E-state index in [9.17, 15) is 0 Å². The number of hydrogen-bond acceptors (Lipinski definition) is 4. The number of nitrogens with one attached hydrogen (secondary N) is 1. The van der Waals surface area contributed by atoms with Crippen LogP contribution in [0.15, 0.2) is 12.3 Å². The Kier molecular flexibility index (Phi) is 4.77. The third kappa shape index (κ3) is 2.57. The molecule has 0 bridgehead atoms. The third-order valence-corrected chi connectivity index (χ3v) is 2.48. The molecular weight excluding hydrogens is 194 g/mol. The minimum Gasteiger partial charge on any atom is -0.375 e. The fourth-order valence-electron chi connectivity index (χ4n) is 1.64.